The first-order chi connectivity index (χ1) is 9.65. The van der Waals surface area contributed by atoms with Gasteiger partial charge in [0.15, 0.2) is 4.77 Å². The van der Waals surface area contributed by atoms with Crippen LogP contribution in [0.15, 0.2) is 12.1 Å². The summed E-state index contributed by atoms with van der Waals surface area (Å²) in [6, 6.07) is 3.00. The van der Waals surface area contributed by atoms with Crippen molar-refractivity contribution in [1.29, 1.82) is 0 Å². The van der Waals surface area contributed by atoms with Gasteiger partial charge in [-0.15, -0.1) is 0 Å². The summed E-state index contributed by atoms with van der Waals surface area (Å²) >= 11 is 11.1. The van der Waals surface area contributed by atoms with E-state index in [0.29, 0.717) is 10.3 Å². The summed E-state index contributed by atoms with van der Waals surface area (Å²) in [5.41, 5.74) is 1.51. The van der Waals surface area contributed by atoms with Gasteiger partial charge in [0.2, 0.25) is 0 Å². The number of benzene rings is 1. The number of ether oxygens (including phenoxy) is 1. The summed E-state index contributed by atoms with van der Waals surface area (Å²) in [6.45, 7) is 2.33. The third kappa shape index (κ3) is 3.05. The molecule has 3 rings (SSSR count). The number of hydrogen-bond acceptors (Lipinski definition) is 2. The monoisotopic (exact) mass is 314 g/mol. The van der Waals surface area contributed by atoms with E-state index in [1.165, 1.54) is 18.9 Å². The van der Waals surface area contributed by atoms with E-state index in [1.54, 1.807) is 6.07 Å². The van der Waals surface area contributed by atoms with Crippen LogP contribution in [0.4, 0.5) is 4.39 Å². The van der Waals surface area contributed by atoms with Crippen LogP contribution in [0.2, 0.25) is 5.02 Å². The van der Waals surface area contributed by atoms with E-state index in [4.69, 9.17) is 28.6 Å². The van der Waals surface area contributed by atoms with Crippen LogP contribution in [0.3, 0.4) is 0 Å². The Labute approximate surface area is 126 Å². The molecule has 1 saturated carbocycles. The molecule has 1 aromatic heterocycles. The van der Waals surface area contributed by atoms with Gasteiger partial charge in [0.05, 0.1) is 16.1 Å². The van der Waals surface area contributed by atoms with Gasteiger partial charge in [-0.05, 0) is 43.5 Å². The van der Waals surface area contributed by atoms with Crippen LogP contribution < -0.4 is 0 Å². The summed E-state index contributed by atoms with van der Waals surface area (Å²) < 4.78 is 21.5. The zero-order valence-electron chi connectivity index (χ0n) is 11.0. The molecular weight excluding hydrogens is 299 g/mol. The van der Waals surface area contributed by atoms with Crippen LogP contribution in [-0.4, -0.2) is 22.8 Å². The number of hydrogen-bond donors (Lipinski definition) is 1. The molecule has 3 nitrogen and oxygen atoms in total. The fraction of sp³-hybridized carbons (Fsp3) is 0.500. The molecule has 1 aromatic carbocycles. The Bertz CT molecular complexity index is 678. The highest BCUT2D eigenvalue weighted by Gasteiger charge is 2.20. The molecule has 1 N–H and O–H groups in total. The third-order valence-corrected chi connectivity index (χ3v) is 4.15. The minimum atomic E-state index is -0.435. The van der Waals surface area contributed by atoms with Crippen LogP contribution in [0.25, 0.3) is 11.0 Å². The van der Waals surface area contributed by atoms with Crippen LogP contribution in [0.1, 0.15) is 19.3 Å². The number of halogens is 2. The second-order valence-corrected chi connectivity index (χ2v) is 6.03. The van der Waals surface area contributed by atoms with E-state index in [9.17, 15) is 4.39 Å². The maximum Gasteiger partial charge on any atom is 0.178 e. The molecule has 2 aromatic rings. The minimum Gasteiger partial charge on any atom is -0.381 e. The molecule has 1 aliphatic rings. The lowest BCUT2D eigenvalue weighted by atomic mass is 10.3. The lowest BCUT2D eigenvalue weighted by Gasteiger charge is -2.06. The Morgan fingerprint density at radius 3 is 3.00 bits per heavy atom. The van der Waals surface area contributed by atoms with E-state index in [-0.39, 0.29) is 5.02 Å². The first-order valence-electron chi connectivity index (χ1n) is 6.80. The normalized spacial score (nSPS) is 15.1. The van der Waals surface area contributed by atoms with Crippen molar-refractivity contribution >= 4 is 34.9 Å². The van der Waals surface area contributed by atoms with Gasteiger partial charge in [0.1, 0.15) is 5.82 Å². The lowest BCUT2D eigenvalue weighted by molar-refractivity contribution is 0.119. The molecule has 0 unspecified atom stereocenters. The molecule has 1 fully saturated rings. The fourth-order valence-electron chi connectivity index (χ4n) is 2.23. The van der Waals surface area contributed by atoms with Crippen molar-refractivity contribution in [2.75, 3.05) is 13.2 Å². The Morgan fingerprint density at radius 1 is 1.45 bits per heavy atom. The number of nitrogens with zero attached hydrogens (tertiary/aromatic N) is 1. The Balaban J connectivity index is 1.68. The third-order valence-electron chi connectivity index (χ3n) is 3.54. The van der Waals surface area contributed by atoms with Gasteiger partial charge in [0.25, 0.3) is 0 Å². The summed E-state index contributed by atoms with van der Waals surface area (Å²) in [7, 11) is 0. The van der Waals surface area contributed by atoms with Crippen LogP contribution >= 0.6 is 23.8 Å². The zero-order chi connectivity index (χ0) is 14.1. The maximum atomic E-state index is 13.4. The van der Waals surface area contributed by atoms with Crippen molar-refractivity contribution in [3.63, 3.8) is 0 Å². The number of H-pyrrole nitrogens is 1. The quantitative estimate of drug-likeness (QED) is 0.636. The van der Waals surface area contributed by atoms with Crippen molar-refractivity contribution in [1.82, 2.24) is 9.55 Å². The number of aryl methyl sites for hydroxylation is 1. The van der Waals surface area contributed by atoms with Crippen molar-refractivity contribution in [3.8, 4) is 0 Å². The predicted octanol–water partition coefficient (Wildman–Crippen LogP) is 4.31. The highest BCUT2D eigenvalue weighted by atomic mass is 35.5. The fourth-order valence-corrected chi connectivity index (χ4v) is 2.69. The summed E-state index contributed by atoms with van der Waals surface area (Å²) in [4.78, 5) is 3.00. The van der Waals surface area contributed by atoms with Crippen molar-refractivity contribution in [3.05, 3.63) is 27.7 Å². The Morgan fingerprint density at radius 2 is 2.25 bits per heavy atom. The SMILES string of the molecule is Fc1cc2[nH]c(=S)n(CCCOCC3CC3)c2cc1Cl. The second-order valence-electron chi connectivity index (χ2n) is 5.24. The number of rotatable bonds is 6. The lowest BCUT2D eigenvalue weighted by Crippen LogP contribution is -2.04. The number of imidazole rings is 1. The number of nitrogens with one attached hydrogen (secondary N) is 1. The van der Waals surface area contributed by atoms with Crippen molar-refractivity contribution < 1.29 is 9.13 Å². The van der Waals surface area contributed by atoms with Gasteiger partial charge < -0.3 is 14.3 Å². The van der Waals surface area contributed by atoms with Crippen LogP contribution in [0, 0.1) is 16.5 Å². The topological polar surface area (TPSA) is 29.9 Å². The smallest absolute Gasteiger partial charge is 0.178 e. The summed E-state index contributed by atoms with van der Waals surface area (Å²) in [5, 5.41) is 0.116. The van der Waals surface area contributed by atoms with E-state index in [2.05, 4.69) is 4.98 Å². The first-order valence-corrected chi connectivity index (χ1v) is 7.59. The number of aromatic amines is 1. The van der Waals surface area contributed by atoms with E-state index in [0.717, 1.165) is 37.6 Å². The van der Waals surface area contributed by atoms with Gasteiger partial charge in [0, 0.05) is 25.8 Å². The molecule has 0 radical (unpaired) electrons. The van der Waals surface area contributed by atoms with Gasteiger partial charge >= 0.3 is 0 Å². The first kappa shape index (κ1) is 14.0. The molecule has 0 aliphatic heterocycles. The average molecular weight is 315 g/mol. The molecule has 0 amide bonds. The van der Waals surface area contributed by atoms with Gasteiger partial charge in [-0.25, -0.2) is 4.39 Å². The van der Waals surface area contributed by atoms with E-state index in [1.807, 2.05) is 4.57 Å². The Kier molecular flexibility index (Phi) is 4.10. The molecule has 108 valence electrons. The summed E-state index contributed by atoms with van der Waals surface area (Å²) in [6.07, 6.45) is 3.48. The number of fused-ring (bicyclic) bond motifs is 1. The average Bonchev–Trinajstić information content (AvgIpc) is 3.17. The molecule has 0 spiro atoms. The molecule has 0 bridgehead atoms. The molecular formula is C14H16ClFN2OS. The largest absolute Gasteiger partial charge is 0.381 e. The molecule has 6 heteroatoms. The minimum absolute atomic E-state index is 0.116. The highest BCUT2D eigenvalue weighted by Crippen LogP contribution is 2.28. The van der Waals surface area contributed by atoms with Gasteiger partial charge in [-0.2, -0.15) is 0 Å². The molecule has 1 heterocycles. The van der Waals surface area contributed by atoms with Crippen molar-refractivity contribution in [2.24, 2.45) is 5.92 Å². The van der Waals surface area contributed by atoms with E-state index < -0.39 is 5.82 Å². The molecule has 0 atom stereocenters. The second kappa shape index (κ2) is 5.84. The standard InChI is InChI=1S/C14H16ClFN2OS/c15-10-6-13-12(7-11(10)16)17-14(20)18(13)4-1-5-19-8-9-2-3-9/h6-7,9H,1-5,8H2,(H,17,20). The van der Waals surface area contributed by atoms with Crippen molar-refractivity contribution in [2.45, 2.75) is 25.8 Å². The number of aromatic nitrogens is 2. The summed E-state index contributed by atoms with van der Waals surface area (Å²) in [5.74, 6) is 0.349. The van der Waals surface area contributed by atoms with Gasteiger partial charge in [-0.3, -0.25) is 0 Å². The molecule has 0 saturated heterocycles. The predicted molar refractivity (Wildman–Crippen MR) is 80.3 cm³/mol. The van der Waals surface area contributed by atoms with Crippen LogP contribution in [0.5, 0.6) is 0 Å². The van der Waals surface area contributed by atoms with Crippen LogP contribution in [-0.2, 0) is 11.3 Å². The molecule has 20 heavy (non-hydrogen) atoms. The zero-order valence-corrected chi connectivity index (χ0v) is 12.6. The van der Waals surface area contributed by atoms with Gasteiger partial charge in [-0.1, -0.05) is 11.6 Å². The molecule has 1 aliphatic carbocycles. The maximum absolute atomic E-state index is 13.4. The van der Waals surface area contributed by atoms with E-state index >= 15 is 0 Å². The Hall–Kier alpha value is -0.910. The highest BCUT2D eigenvalue weighted by molar-refractivity contribution is 7.71.